The zero-order valence-electron chi connectivity index (χ0n) is 17.6. The molecule has 1 aromatic heterocycles. The number of aromatic nitrogens is 2. The highest BCUT2D eigenvalue weighted by Crippen LogP contribution is 2.59. The second-order valence-corrected chi connectivity index (χ2v) is 9.27. The molecule has 0 radical (unpaired) electrons. The van der Waals surface area contributed by atoms with Crippen LogP contribution in [0.3, 0.4) is 0 Å². The van der Waals surface area contributed by atoms with E-state index in [1.54, 1.807) is 12.1 Å². The molecule has 2 atom stereocenters. The maximum atomic E-state index is 13.4. The number of halogens is 1. The fraction of sp³-hybridized carbons (Fsp3) is 0.296. The van der Waals surface area contributed by atoms with E-state index in [0.29, 0.717) is 0 Å². The minimum atomic E-state index is -0.231. The van der Waals surface area contributed by atoms with Crippen molar-refractivity contribution < 1.29 is 9.13 Å². The summed E-state index contributed by atoms with van der Waals surface area (Å²) in [6.07, 6.45) is 11.4. The van der Waals surface area contributed by atoms with Crippen LogP contribution < -0.4 is 0 Å². The van der Waals surface area contributed by atoms with Crippen molar-refractivity contribution in [3.05, 3.63) is 95.3 Å². The zero-order chi connectivity index (χ0) is 21.1. The average Bonchev–Trinajstić information content (AvgIpc) is 3.40. The topological polar surface area (TPSA) is 27.1 Å². The minimum Gasteiger partial charge on any atom is -0.493 e. The molecule has 2 aromatic carbocycles. The quantitative estimate of drug-likeness (QED) is 0.491. The molecule has 6 rings (SSSR count). The van der Waals surface area contributed by atoms with Gasteiger partial charge in [-0.1, -0.05) is 42.8 Å². The maximum absolute atomic E-state index is 13.4. The Kier molecular flexibility index (Phi) is 4.01. The molecule has 1 aliphatic heterocycles. The third-order valence-corrected chi connectivity index (χ3v) is 7.60. The van der Waals surface area contributed by atoms with Gasteiger partial charge in [0, 0.05) is 11.8 Å². The van der Waals surface area contributed by atoms with Gasteiger partial charge in [-0.25, -0.2) is 9.07 Å². The summed E-state index contributed by atoms with van der Waals surface area (Å²) in [5.74, 6) is -0.231. The molecule has 1 saturated carbocycles. The van der Waals surface area contributed by atoms with Gasteiger partial charge < -0.3 is 4.74 Å². The van der Waals surface area contributed by atoms with Crippen LogP contribution in [-0.2, 0) is 11.2 Å². The van der Waals surface area contributed by atoms with Gasteiger partial charge in [-0.15, -0.1) is 0 Å². The fourth-order valence-corrected chi connectivity index (χ4v) is 5.80. The summed E-state index contributed by atoms with van der Waals surface area (Å²) in [5.41, 5.74) is 6.94. The molecule has 2 aliphatic carbocycles. The lowest BCUT2D eigenvalue weighted by Crippen LogP contribution is -2.52. The number of rotatable bonds is 2. The SMILES string of the molecule is C[C@]12Cc3cnn(-c4ccc(F)cc4)c3C=C1CCC[C@@]21CC(c2ccccc2)=CO1. The van der Waals surface area contributed by atoms with Crippen molar-refractivity contribution in [3.8, 4) is 5.69 Å². The van der Waals surface area contributed by atoms with Crippen LogP contribution in [0.15, 0.2) is 72.6 Å². The maximum Gasteiger partial charge on any atom is 0.123 e. The van der Waals surface area contributed by atoms with Crippen LogP contribution >= 0.6 is 0 Å². The third-order valence-electron chi connectivity index (χ3n) is 7.60. The molecule has 0 unspecified atom stereocenters. The predicted molar refractivity (Wildman–Crippen MR) is 120 cm³/mol. The van der Waals surface area contributed by atoms with Gasteiger partial charge in [0.2, 0.25) is 0 Å². The molecular weight excluding hydrogens is 387 g/mol. The van der Waals surface area contributed by atoms with Crippen molar-refractivity contribution in [1.29, 1.82) is 0 Å². The van der Waals surface area contributed by atoms with E-state index >= 15 is 0 Å². The number of benzene rings is 2. The predicted octanol–water partition coefficient (Wildman–Crippen LogP) is 6.34. The Morgan fingerprint density at radius 3 is 2.65 bits per heavy atom. The van der Waals surface area contributed by atoms with Crippen molar-refractivity contribution in [2.75, 3.05) is 0 Å². The van der Waals surface area contributed by atoms with Gasteiger partial charge in [0.1, 0.15) is 11.4 Å². The lowest BCUT2D eigenvalue weighted by molar-refractivity contribution is -0.0707. The van der Waals surface area contributed by atoms with Crippen molar-refractivity contribution >= 4 is 11.6 Å². The molecule has 0 bridgehead atoms. The van der Waals surface area contributed by atoms with Gasteiger partial charge in [-0.05, 0) is 72.7 Å². The van der Waals surface area contributed by atoms with Gasteiger partial charge in [-0.3, -0.25) is 0 Å². The van der Waals surface area contributed by atoms with Crippen LogP contribution in [-0.4, -0.2) is 15.4 Å². The smallest absolute Gasteiger partial charge is 0.123 e. The molecule has 3 nitrogen and oxygen atoms in total. The Hall–Kier alpha value is -3.14. The van der Waals surface area contributed by atoms with Crippen molar-refractivity contribution in [2.45, 2.75) is 44.6 Å². The van der Waals surface area contributed by atoms with E-state index in [1.165, 1.54) is 34.4 Å². The van der Waals surface area contributed by atoms with E-state index in [0.717, 1.165) is 43.5 Å². The first-order chi connectivity index (χ1) is 15.1. The third kappa shape index (κ3) is 2.74. The molecule has 1 fully saturated rings. The van der Waals surface area contributed by atoms with Crippen molar-refractivity contribution in [1.82, 2.24) is 9.78 Å². The normalized spacial score (nSPS) is 26.6. The van der Waals surface area contributed by atoms with Gasteiger partial charge in [0.05, 0.1) is 23.8 Å². The van der Waals surface area contributed by atoms with Crippen LogP contribution in [0.25, 0.3) is 17.3 Å². The van der Waals surface area contributed by atoms with E-state index in [9.17, 15) is 4.39 Å². The Morgan fingerprint density at radius 2 is 1.84 bits per heavy atom. The Morgan fingerprint density at radius 1 is 1.03 bits per heavy atom. The highest BCUT2D eigenvalue weighted by molar-refractivity contribution is 5.69. The first-order valence-corrected chi connectivity index (χ1v) is 11.0. The molecule has 0 saturated heterocycles. The second kappa shape index (κ2) is 6.68. The molecule has 4 heteroatoms. The van der Waals surface area contributed by atoms with Crippen LogP contribution in [0.2, 0.25) is 0 Å². The van der Waals surface area contributed by atoms with Crippen LogP contribution in [0.5, 0.6) is 0 Å². The summed E-state index contributed by atoms with van der Waals surface area (Å²) in [7, 11) is 0. The molecule has 156 valence electrons. The molecule has 3 aliphatic rings. The van der Waals surface area contributed by atoms with Crippen LogP contribution in [0.4, 0.5) is 4.39 Å². The van der Waals surface area contributed by atoms with Crippen LogP contribution in [0.1, 0.15) is 49.4 Å². The molecular formula is C27H25FN2O. The van der Waals surface area contributed by atoms with Gasteiger partial charge >= 0.3 is 0 Å². The highest BCUT2D eigenvalue weighted by Gasteiger charge is 2.57. The summed E-state index contributed by atoms with van der Waals surface area (Å²) in [6.45, 7) is 2.37. The highest BCUT2D eigenvalue weighted by atomic mass is 19.1. The first kappa shape index (κ1) is 18.6. The van der Waals surface area contributed by atoms with Gasteiger partial charge in [-0.2, -0.15) is 5.10 Å². The molecule has 1 spiro atoms. The number of fused-ring (bicyclic) bond motifs is 3. The standard InChI is InChI=1S/C27H25FN2O/c1-26-15-20-17-29-30(24-11-9-23(28)10-12-24)25(20)14-22(26)8-5-13-27(26)16-21(18-31-27)19-6-3-2-4-7-19/h2-4,6-7,9-12,14,17-18H,5,8,13,15-16H2,1H3/t26-,27+/m0/s1. The zero-order valence-corrected chi connectivity index (χ0v) is 17.6. The number of hydrogen-bond acceptors (Lipinski definition) is 2. The van der Waals surface area contributed by atoms with E-state index in [1.807, 2.05) is 17.1 Å². The number of hydrogen-bond donors (Lipinski definition) is 0. The summed E-state index contributed by atoms with van der Waals surface area (Å²) >= 11 is 0. The molecule has 3 aromatic rings. The van der Waals surface area contributed by atoms with E-state index in [4.69, 9.17) is 4.74 Å². The summed E-state index contributed by atoms with van der Waals surface area (Å²) in [5, 5.41) is 4.66. The number of ether oxygens (including phenoxy) is 1. The average molecular weight is 413 g/mol. The second-order valence-electron chi connectivity index (χ2n) is 9.27. The summed E-state index contributed by atoms with van der Waals surface area (Å²) < 4.78 is 21.9. The fourth-order valence-electron chi connectivity index (χ4n) is 5.80. The van der Waals surface area contributed by atoms with E-state index < -0.39 is 0 Å². The minimum absolute atomic E-state index is 0.0675. The van der Waals surface area contributed by atoms with E-state index in [-0.39, 0.29) is 16.8 Å². The molecule has 0 N–H and O–H groups in total. The Labute approximate surface area is 181 Å². The molecule has 2 heterocycles. The Bertz CT molecular complexity index is 1210. The Balaban J connectivity index is 1.37. The van der Waals surface area contributed by atoms with E-state index in [2.05, 4.69) is 48.4 Å². The van der Waals surface area contributed by atoms with Crippen LogP contribution in [0, 0.1) is 11.2 Å². The van der Waals surface area contributed by atoms with Crippen molar-refractivity contribution in [2.24, 2.45) is 5.41 Å². The summed E-state index contributed by atoms with van der Waals surface area (Å²) in [6, 6.07) is 17.1. The lowest BCUT2D eigenvalue weighted by Gasteiger charge is -2.52. The lowest BCUT2D eigenvalue weighted by atomic mass is 9.56. The van der Waals surface area contributed by atoms with Crippen molar-refractivity contribution in [3.63, 3.8) is 0 Å². The first-order valence-electron chi connectivity index (χ1n) is 11.0. The molecule has 31 heavy (non-hydrogen) atoms. The number of nitrogens with zero attached hydrogens (tertiary/aromatic N) is 2. The summed E-state index contributed by atoms with van der Waals surface area (Å²) in [4.78, 5) is 0. The van der Waals surface area contributed by atoms with Gasteiger partial charge in [0.25, 0.3) is 0 Å². The van der Waals surface area contributed by atoms with Gasteiger partial charge in [0.15, 0.2) is 0 Å². The molecule has 0 amide bonds. The monoisotopic (exact) mass is 412 g/mol. The largest absolute Gasteiger partial charge is 0.493 e.